The van der Waals surface area contributed by atoms with Crippen LogP contribution in [0.1, 0.15) is 37.5 Å². The molecule has 0 saturated carbocycles. The van der Waals surface area contributed by atoms with Gasteiger partial charge in [-0.15, -0.1) is 0 Å². The van der Waals surface area contributed by atoms with E-state index in [4.69, 9.17) is 0 Å². The lowest BCUT2D eigenvalue weighted by atomic mass is 9.95. The summed E-state index contributed by atoms with van der Waals surface area (Å²) in [4.78, 5) is 0. The third kappa shape index (κ3) is 1.87. The van der Waals surface area contributed by atoms with Crippen LogP contribution in [-0.2, 0) is 0 Å². The van der Waals surface area contributed by atoms with Crippen LogP contribution in [0.25, 0.3) is 0 Å². The van der Waals surface area contributed by atoms with E-state index in [0.717, 1.165) is 12.0 Å². The highest BCUT2D eigenvalue weighted by atomic mass is 32.1. The van der Waals surface area contributed by atoms with Gasteiger partial charge in [0.2, 0.25) is 0 Å². The van der Waals surface area contributed by atoms with Crippen molar-refractivity contribution in [2.24, 2.45) is 5.92 Å². The zero-order valence-corrected chi connectivity index (χ0v) is 8.69. The molecule has 0 aliphatic carbocycles. The number of rotatable bonds is 3. The van der Waals surface area contributed by atoms with Crippen molar-refractivity contribution < 1.29 is 5.11 Å². The van der Waals surface area contributed by atoms with Crippen LogP contribution >= 0.6 is 11.3 Å². The van der Waals surface area contributed by atoms with E-state index in [1.54, 1.807) is 11.3 Å². The summed E-state index contributed by atoms with van der Waals surface area (Å²) >= 11 is 1.66. The predicted molar refractivity (Wildman–Crippen MR) is 53.5 cm³/mol. The van der Waals surface area contributed by atoms with Crippen molar-refractivity contribution in [2.45, 2.75) is 33.3 Å². The van der Waals surface area contributed by atoms with Crippen LogP contribution in [0.4, 0.5) is 0 Å². The van der Waals surface area contributed by atoms with Crippen molar-refractivity contribution in [3.8, 4) is 0 Å². The molecule has 0 amide bonds. The van der Waals surface area contributed by atoms with Crippen molar-refractivity contribution in [1.82, 2.24) is 0 Å². The van der Waals surface area contributed by atoms with E-state index in [1.165, 1.54) is 5.56 Å². The lowest BCUT2D eigenvalue weighted by Gasteiger charge is -2.16. The Kier molecular flexibility index (Phi) is 3.29. The molecule has 0 aliphatic heterocycles. The van der Waals surface area contributed by atoms with Gasteiger partial charge in [-0.2, -0.15) is 11.3 Å². The molecule has 68 valence electrons. The van der Waals surface area contributed by atoms with Gasteiger partial charge in [0.1, 0.15) is 0 Å². The molecule has 1 N–H and O–H groups in total. The van der Waals surface area contributed by atoms with Gasteiger partial charge >= 0.3 is 0 Å². The molecule has 2 atom stereocenters. The highest BCUT2D eigenvalue weighted by Crippen LogP contribution is 2.28. The first-order valence-corrected chi connectivity index (χ1v) is 5.31. The highest BCUT2D eigenvalue weighted by Gasteiger charge is 2.16. The minimum Gasteiger partial charge on any atom is -0.388 e. The summed E-state index contributed by atoms with van der Waals surface area (Å²) in [5, 5.41) is 14.0. The molecule has 0 fully saturated rings. The zero-order valence-electron chi connectivity index (χ0n) is 7.87. The lowest BCUT2D eigenvalue weighted by molar-refractivity contribution is 0.115. The largest absolute Gasteiger partial charge is 0.388 e. The van der Waals surface area contributed by atoms with Gasteiger partial charge in [-0.1, -0.05) is 20.3 Å². The monoisotopic (exact) mass is 184 g/mol. The van der Waals surface area contributed by atoms with Gasteiger partial charge in [0.15, 0.2) is 0 Å². The van der Waals surface area contributed by atoms with E-state index >= 15 is 0 Å². The number of aliphatic hydroxyl groups is 1. The Balaban J connectivity index is 2.77. The topological polar surface area (TPSA) is 20.2 Å². The highest BCUT2D eigenvalue weighted by molar-refractivity contribution is 7.08. The van der Waals surface area contributed by atoms with Gasteiger partial charge in [-0.25, -0.2) is 0 Å². The molecule has 12 heavy (non-hydrogen) atoms. The quantitative estimate of drug-likeness (QED) is 0.765. The van der Waals surface area contributed by atoms with Crippen LogP contribution in [0, 0.1) is 12.8 Å². The van der Waals surface area contributed by atoms with Crippen molar-refractivity contribution in [3.63, 3.8) is 0 Å². The Morgan fingerprint density at radius 2 is 2.17 bits per heavy atom. The van der Waals surface area contributed by atoms with Crippen molar-refractivity contribution in [1.29, 1.82) is 0 Å². The van der Waals surface area contributed by atoms with Crippen LogP contribution in [0.2, 0.25) is 0 Å². The Morgan fingerprint density at radius 3 is 2.58 bits per heavy atom. The number of thiophene rings is 1. The maximum atomic E-state index is 9.87. The molecule has 1 aromatic rings. The second kappa shape index (κ2) is 4.06. The van der Waals surface area contributed by atoms with E-state index in [2.05, 4.69) is 26.2 Å². The summed E-state index contributed by atoms with van der Waals surface area (Å²) in [6, 6.07) is 0. The van der Waals surface area contributed by atoms with E-state index in [9.17, 15) is 5.11 Å². The van der Waals surface area contributed by atoms with Gasteiger partial charge in [-0.05, 0) is 34.7 Å². The van der Waals surface area contributed by atoms with E-state index in [0.29, 0.717) is 5.92 Å². The predicted octanol–water partition coefficient (Wildman–Crippen LogP) is 3.14. The average Bonchev–Trinajstić information content (AvgIpc) is 2.48. The molecule has 1 aromatic heterocycles. The Labute approximate surface area is 78.1 Å². The smallest absolute Gasteiger partial charge is 0.0826 e. The van der Waals surface area contributed by atoms with Crippen molar-refractivity contribution >= 4 is 11.3 Å². The normalized spacial score (nSPS) is 16.0. The molecule has 0 bridgehead atoms. The molecule has 0 spiro atoms. The summed E-state index contributed by atoms with van der Waals surface area (Å²) in [7, 11) is 0. The third-order valence-corrected chi connectivity index (χ3v) is 3.28. The van der Waals surface area contributed by atoms with Gasteiger partial charge in [0, 0.05) is 0 Å². The zero-order chi connectivity index (χ0) is 9.14. The number of aliphatic hydroxyl groups excluding tert-OH is 1. The summed E-state index contributed by atoms with van der Waals surface area (Å²) in [6.07, 6.45) is 0.748. The van der Waals surface area contributed by atoms with Crippen LogP contribution in [-0.4, -0.2) is 5.11 Å². The van der Waals surface area contributed by atoms with Crippen LogP contribution in [0.15, 0.2) is 10.8 Å². The molecule has 2 heteroatoms. The second-order valence-electron chi connectivity index (χ2n) is 3.34. The SMILES string of the molecule is CCC(C)C(O)c1cscc1C. The fourth-order valence-corrected chi connectivity index (χ4v) is 2.08. The van der Waals surface area contributed by atoms with Crippen LogP contribution in [0.3, 0.4) is 0 Å². The number of hydrogen-bond donors (Lipinski definition) is 1. The maximum Gasteiger partial charge on any atom is 0.0826 e. The molecule has 0 aliphatic rings. The fraction of sp³-hybridized carbons (Fsp3) is 0.600. The Bertz CT molecular complexity index is 242. The van der Waals surface area contributed by atoms with Gasteiger partial charge in [0.25, 0.3) is 0 Å². The molecule has 0 aromatic carbocycles. The fourth-order valence-electron chi connectivity index (χ4n) is 1.20. The molecule has 1 heterocycles. The van der Waals surface area contributed by atoms with E-state index < -0.39 is 0 Å². The molecule has 0 radical (unpaired) electrons. The lowest BCUT2D eigenvalue weighted by Crippen LogP contribution is -2.07. The summed E-state index contributed by atoms with van der Waals surface area (Å²) in [5.74, 6) is 0.360. The Hall–Kier alpha value is -0.340. The minimum absolute atomic E-state index is 0.277. The Morgan fingerprint density at radius 1 is 1.50 bits per heavy atom. The van der Waals surface area contributed by atoms with Crippen molar-refractivity contribution in [3.05, 3.63) is 21.9 Å². The van der Waals surface area contributed by atoms with Gasteiger partial charge in [0.05, 0.1) is 6.10 Å². The van der Waals surface area contributed by atoms with Gasteiger partial charge < -0.3 is 5.11 Å². The molecule has 2 unspecified atom stereocenters. The van der Waals surface area contributed by atoms with Crippen molar-refractivity contribution in [2.75, 3.05) is 0 Å². The summed E-state index contributed by atoms with van der Waals surface area (Å²) in [6.45, 7) is 6.24. The second-order valence-corrected chi connectivity index (χ2v) is 4.08. The first-order chi connectivity index (χ1) is 5.66. The first kappa shape index (κ1) is 9.75. The molecule has 0 saturated heterocycles. The molecular formula is C10H16OS. The third-order valence-electron chi connectivity index (χ3n) is 2.40. The van der Waals surface area contributed by atoms with Crippen LogP contribution < -0.4 is 0 Å². The average molecular weight is 184 g/mol. The summed E-state index contributed by atoms with van der Waals surface area (Å²) in [5.41, 5.74) is 2.32. The molecular weight excluding hydrogens is 168 g/mol. The van der Waals surface area contributed by atoms with E-state index in [1.807, 2.05) is 5.38 Å². The number of hydrogen-bond acceptors (Lipinski definition) is 2. The maximum absolute atomic E-state index is 9.87. The molecule has 1 rings (SSSR count). The first-order valence-electron chi connectivity index (χ1n) is 4.37. The van der Waals surface area contributed by atoms with Gasteiger partial charge in [-0.3, -0.25) is 0 Å². The summed E-state index contributed by atoms with van der Waals surface area (Å²) < 4.78 is 0. The van der Waals surface area contributed by atoms with Crippen LogP contribution in [0.5, 0.6) is 0 Å². The molecule has 1 nitrogen and oxygen atoms in total. The standard InChI is InChI=1S/C10H16OS/c1-4-7(2)10(11)9-6-12-5-8(9)3/h5-7,10-11H,4H2,1-3H3. The minimum atomic E-state index is -0.277. The van der Waals surface area contributed by atoms with E-state index in [-0.39, 0.29) is 6.10 Å². The number of aryl methyl sites for hydroxylation is 1.